The standard InChI is InChI=1S/C11H12N2O3S/c1-13-9-7-5-6(16-2)3-4-8(7)17(15)10(9)11(12)14/h3-5,13H,1-2H3,(H2,12,14). The van der Waals surface area contributed by atoms with Crippen LogP contribution < -0.4 is 15.8 Å². The lowest BCUT2D eigenvalue weighted by Gasteiger charge is -2.06. The molecule has 1 unspecified atom stereocenters. The minimum absolute atomic E-state index is 0.107. The van der Waals surface area contributed by atoms with Crippen LogP contribution in [0.1, 0.15) is 5.56 Å². The van der Waals surface area contributed by atoms with Gasteiger partial charge in [-0.25, -0.2) is 4.21 Å². The van der Waals surface area contributed by atoms with Gasteiger partial charge in [0.25, 0.3) is 5.91 Å². The largest absolute Gasteiger partial charge is 0.497 e. The van der Waals surface area contributed by atoms with Crippen LogP contribution in [0.2, 0.25) is 0 Å². The highest BCUT2D eigenvalue weighted by molar-refractivity contribution is 7.90. The number of methoxy groups -OCH3 is 1. The first-order valence-electron chi connectivity index (χ1n) is 4.92. The van der Waals surface area contributed by atoms with Gasteiger partial charge in [-0.1, -0.05) is 0 Å². The minimum atomic E-state index is -1.52. The molecule has 0 saturated heterocycles. The number of hydrogen-bond donors (Lipinski definition) is 2. The Morgan fingerprint density at radius 1 is 1.47 bits per heavy atom. The molecule has 0 radical (unpaired) electrons. The lowest BCUT2D eigenvalue weighted by Crippen LogP contribution is -2.19. The molecule has 0 aromatic heterocycles. The van der Waals surface area contributed by atoms with Crippen molar-refractivity contribution in [1.29, 1.82) is 0 Å². The molecule has 5 nitrogen and oxygen atoms in total. The molecule has 0 fully saturated rings. The lowest BCUT2D eigenvalue weighted by atomic mass is 10.1. The molecule has 1 atom stereocenters. The minimum Gasteiger partial charge on any atom is -0.497 e. The molecule has 17 heavy (non-hydrogen) atoms. The highest BCUT2D eigenvalue weighted by atomic mass is 32.2. The predicted octanol–water partition coefficient (Wildman–Crippen LogP) is 0.190. The molecule has 1 aromatic rings. The molecule has 90 valence electrons. The van der Waals surface area contributed by atoms with Crippen LogP contribution >= 0.6 is 0 Å². The quantitative estimate of drug-likeness (QED) is 0.804. The van der Waals surface area contributed by atoms with Crippen molar-refractivity contribution in [2.45, 2.75) is 4.90 Å². The number of primary amides is 1. The van der Waals surface area contributed by atoms with Crippen LogP contribution in [0.5, 0.6) is 5.75 Å². The van der Waals surface area contributed by atoms with Crippen molar-refractivity contribution in [3.05, 3.63) is 28.7 Å². The summed E-state index contributed by atoms with van der Waals surface area (Å²) in [6.07, 6.45) is 0. The fourth-order valence-electron chi connectivity index (χ4n) is 1.78. The molecular weight excluding hydrogens is 240 g/mol. The van der Waals surface area contributed by atoms with Gasteiger partial charge in [-0.3, -0.25) is 4.79 Å². The van der Waals surface area contributed by atoms with E-state index < -0.39 is 16.7 Å². The van der Waals surface area contributed by atoms with E-state index in [1.54, 1.807) is 32.4 Å². The maximum atomic E-state index is 12.1. The third-order valence-electron chi connectivity index (χ3n) is 2.54. The summed E-state index contributed by atoms with van der Waals surface area (Å²) in [6.45, 7) is 0. The molecule has 1 aliphatic rings. The maximum Gasteiger partial charge on any atom is 0.260 e. The highest BCUT2D eigenvalue weighted by Crippen LogP contribution is 2.36. The second-order valence-corrected chi connectivity index (χ2v) is 4.83. The lowest BCUT2D eigenvalue weighted by molar-refractivity contribution is -0.113. The molecule has 1 heterocycles. The summed E-state index contributed by atoms with van der Waals surface area (Å²) in [5.41, 5.74) is 6.44. The molecule has 1 aliphatic heterocycles. The number of nitrogens with one attached hydrogen (secondary N) is 1. The van der Waals surface area contributed by atoms with Gasteiger partial charge in [0.05, 0.1) is 28.5 Å². The molecule has 1 amide bonds. The molecule has 0 aliphatic carbocycles. The van der Waals surface area contributed by atoms with Crippen molar-refractivity contribution < 1.29 is 13.7 Å². The van der Waals surface area contributed by atoms with Crippen LogP contribution in [0, 0.1) is 0 Å². The Kier molecular flexibility index (Phi) is 2.89. The van der Waals surface area contributed by atoms with Gasteiger partial charge in [-0.05, 0) is 18.2 Å². The molecular formula is C11H12N2O3S. The SMILES string of the molecule is CNC1=C(C(N)=O)S(=O)c2ccc(OC)cc21. The van der Waals surface area contributed by atoms with Gasteiger partial charge >= 0.3 is 0 Å². The number of rotatable bonds is 3. The zero-order chi connectivity index (χ0) is 12.6. The highest BCUT2D eigenvalue weighted by Gasteiger charge is 2.31. The van der Waals surface area contributed by atoms with Gasteiger partial charge in [0.1, 0.15) is 10.7 Å². The number of benzene rings is 1. The van der Waals surface area contributed by atoms with E-state index in [0.717, 1.165) is 0 Å². The first-order chi connectivity index (χ1) is 8.10. The summed E-state index contributed by atoms with van der Waals surface area (Å²) in [4.78, 5) is 12.0. The van der Waals surface area contributed by atoms with Crippen LogP contribution in [0.3, 0.4) is 0 Å². The molecule has 6 heteroatoms. The first kappa shape index (κ1) is 11.7. The van der Waals surface area contributed by atoms with Gasteiger partial charge in [0.2, 0.25) is 0 Å². The molecule has 1 aromatic carbocycles. The zero-order valence-electron chi connectivity index (χ0n) is 9.44. The Morgan fingerprint density at radius 2 is 2.18 bits per heavy atom. The average molecular weight is 252 g/mol. The van der Waals surface area contributed by atoms with E-state index in [1.807, 2.05) is 0 Å². The summed E-state index contributed by atoms with van der Waals surface area (Å²) in [6, 6.07) is 5.11. The van der Waals surface area contributed by atoms with Gasteiger partial charge in [-0.15, -0.1) is 0 Å². The predicted molar refractivity (Wildman–Crippen MR) is 64.6 cm³/mol. The number of carbonyl (C=O) groups excluding carboxylic acids is 1. The second kappa shape index (κ2) is 4.21. The smallest absolute Gasteiger partial charge is 0.260 e. The summed E-state index contributed by atoms with van der Waals surface area (Å²) in [7, 11) is 1.68. The number of ether oxygens (including phenoxy) is 1. The maximum absolute atomic E-state index is 12.1. The third kappa shape index (κ3) is 1.70. The van der Waals surface area contributed by atoms with Crippen LogP contribution in [0.25, 0.3) is 5.70 Å². The number of hydrogen-bond acceptors (Lipinski definition) is 4. The van der Waals surface area contributed by atoms with E-state index in [4.69, 9.17) is 10.5 Å². The zero-order valence-corrected chi connectivity index (χ0v) is 10.3. The van der Waals surface area contributed by atoms with Gasteiger partial charge in [0.15, 0.2) is 0 Å². The van der Waals surface area contributed by atoms with E-state index >= 15 is 0 Å². The monoisotopic (exact) mass is 252 g/mol. The first-order valence-corrected chi connectivity index (χ1v) is 6.07. The normalized spacial score (nSPS) is 17.9. The Balaban J connectivity index is 2.66. The Hall–Kier alpha value is -1.82. The Morgan fingerprint density at radius 3 is 2.71 bits per heavy atom. The van der Waals surface area contributed by atoms with Crippen molar-refractivity contribution in [3.8, 4) is 5.75 Å². The summed E-state index contributed by atoms with van der Waals surface area (Å²) in [5.74, 6) is -0.0397. The van der Waals surface area contributed by atoms with E-state index in [1.165, 1.54) is 0 Å². The molecule has 3 N–H and O–H groups in total. The summed E-state index contributed by atoms with van der Waals surface area (Å²) < 4.78 is 17.2. The van der Waals surface area contributed by atoms with E-state index in [0.29, 0.717) is 21.9 Å². The van der Waals surface area contributed by atoms with Crippen LogP contribution in [-0.2, 0) is 15.6 Å². The fraction of sp³-hybridized carbons (Fsp3) is 0.182. The van der Waals surface area contributed by atoms with Crippen LogP contribution in [-0.4, -0.2) is 24.3 Å². The number of nitrogens with two attached hydrogens (primary N) is 1. The van der Waals surface area contributed by atoms with E-state index in [2.05, 4.69) is 5.32 Å². The van der Waals surface area contributed by atoms with Crippen molar-refractivity contribution in [1.82, 2.24) is 5.32 Å². The second-order valence-electron chi connectivity index (χ2n) is 3.45. The average Bonchev–Trinajstić information content (AvgIpc) is 2.61. The van der Waals surface area contributed by atoms with Crippen LogP contribution in [0.15, 0.2) is 28.0 Å². The van der Waals surface area contributed by atoms with E-state index in [-0.39, 0.29) is 4.91 Å². The molecule has 0 saturated carbocycles. The van der Waals surface area contributed by atoms with Gasteiger partial charge in [0, 0.05) is 12.6 Å². The van der Waals surface area contributed by atoms with Gasteiger partial charge in [-0.2, -0.15) is 0 Å². The number of carbonyl (C=O) groups is 1. The van der Waals surface area contributed by atoms with E-state index in [9.17, 15) is 9.00 Å². The molecule has 0 spiro atoms. The Bertz CT molecular complexity index is 552. The van der Waals surface area contributed by atoms with Crippen molar-refractivity contribution in [3.63, 3.8) is 0 Å². The van der Waals surface area contributed by atoms with Crippen molar-refractivity contribution in [2.24, 2.45) is 5.73 Å². The third-order valence-corrected chi connectivity index (χ3v) is 4.07. The number of amides is 1. The van der Waals surface area contributed by atoms with Gasteiger partial charge < -0.3 is 15.8 Å². The number of fused-ring (bicyclic) bond motifs is 1. The van der Waals surface area contributed by atoms with Crippen LogP contribution in [0.4, 0.5) is 0 Å². The summed E-state index contributed by atoms with van der Waals surface area (Å²) >= 11 is 0. The molecule has 2 rings (SSSR count). The summed E-state index contributed by atoms with van der Waals surface area (Å²) in [5, 5.41) is 2.86. The van der Waals surface area contributed by atoms with Crippen molar-refractivity contribution in [2.75, 3.05) is 14.2 Å². The Labute approximate surface area is 101 Å². The molecule has 0 bridgehead atoms. The van der Waals surface area contributed by atoms with Crippen molar-refractivity contribution >= 4 is 22.4 Å². The topological polar surface area (TPSA) is 81.4 Å². The fourth-order valence-corrected chi connectivity index (χ4v) is 3.13.